The molecule has 4 rings (SSSR count). The monoisotopic (exact) mass is 338 g/mol. The molecule has 3 heterocycles. The Hall–Kier alpha value is -2.50. The van der Waals surface area contributed by atoms with Gasteiger partial charge in [-0.2, -0.15) is 0 Å². The number of amides is 1. The van der Waals surface area contributed by atoms with Crippen LogP contribution in [0.25, 0.3) is 0 Å². The molecule has 25 heavy (non-hydrogen) atoms. The van der Waals surface area contributed by atoms with E-state index in [4.69, 9.17) is 4.98 Å². The molecule has 0 N–H and O–H groups in total. The minimum atomic E-state index is -0.142. The van der Waals surface area contributed by atoms with Gasteiger partial charge >= 0.3 is 0 Å². The number of pyridine rings is 1. The number of nitrogens with zero attached hydrogens (tertiary/aromatic N) is 4. The van der Waals surface area contributed by atoms with Crippen LogP contribution in [0.3, 0.4) is 0 Å². The fourth-order valence-electron chi connectivity index (χ4n) is 4.21. The van der Waals surface area contributed by atoms with E-state index >= 15 is 0 Å². The summed E-state index contributed by atoms with van der Waals surface area (Å²) in [5.74, 6) is 0.797. The molecule has 130 valence electrons. The van der Waals surface area contributed by atoms with Crippen molar-refractivity contribution in [1.82, 2.24) is 19.4 Å². The zero-order valence-corrected chi connectivity index (χ0v) is 14.4. The molecule has 1 saturated heterocycles. The van der Waals surface area contributed by atoms with Crippen LogP contribution in [-0.4, -0.2) is 38.4 Å². The Balaban J connectivity index is 1.56. The zero-order chi connectivity index (χ0) is 17.4. The fraction of sp³-hybridized carbons (Fsp3) is 0.474. The summed E-state index contributed by atoms with van der Waals surface area (Å²) in [6.45, 7) is 3.46. The summed E-state index contributed by atoms with van der Waals surface area (Å²) in [5, 5.41) is 0. The van der Waals surface area contributed by atoms with Gasteiger partial charge in [-0.3, -0.25) is 9.59 Å². The number of hydrogen-bond donors (Lipinski definition) is 0. The molecule has 0 radical (unpaired) electrons. The number of aryl methyl sites for hydroxylation is 2. The molecule has 1 atom stereocenters. The van der Waals surface area contributed by atoms with Crippen molar-refractivity contribution in [2.75, 3.05) is 13.1 Å². The van der Waals surface area contributed by atoms with Crippen molar-refractivity contribution in [2.24, 2.45) is 0 Å². The lowest BCUT2D eigenvalue weighted by Gasteiger charge is -2.40. The molecule has 1 spiro atoms. The van der Waals surface area contributed by atoms with Gasteiger partial charge in [0.15, 0.2) is 0 Å². The van der Waals surface area contributed by atoms with Crippen molar-refractivity contribution in [3.05, 3.63) is 58.0 Å². The summed E-state index contributed by atoms with van der Waals surface area (Å²) in [7, 11) is 0. The maximum absolute atomic E-state index is 12.8. The van der Waals surface area contributed by atoms with E-state index in [1.54, 1.807) is 18.3 Å². The molecular formula is C19H22N4O2. The maximum atomic E-state index is 12.8. The molecule has 0 bridgehead atoms. The van der Waals surface area contributed by atoms with Crippen LogP contribution in [0, 0.1) is 6.92 Å². The van der Waals surface area contributed by atoms with Crippen molar-refractivity contribution < 1.29 is 4.79 Å². The molecule has 0 aromatic carbocycles. The third-order valence-electron chi connectivity index (χ3n) is 5.49. The van der Waals surface area contributed by atoms with Crippen LogP contribution in [0.2, 0.25) is 0 Å². The number of rotatable bonds is 2. The molecule has 1 aliphatic carbocycles. The molecule has 2 aromatic heterocycles. The Kier molecular flexibility index (Phi) is 3.90. The fourth-order valence-corrected chi connectivity index (χ4v) is 4.21. The van der Waals surface area contributed by atoms with Gasteiger partial charge in [0.25, 0.3) is 5.56 Å². The third kappa shape index (κ3) is 2.86. The number of hydrogen-bond acceptors (Lipinski definition) is 4. The third-order valence-corrected chi connectivity index (χ3v) is 5.49. The van der Waals surface area contributed by atoms with Crippen LogP contribution in [0.1, 0.15) is 36.3 Å². The Morgan fingerprint density at radius 2 is 2.20 bits per heavy atom. The Bertz CT molecular complexity index is 872. The minimum absolute atomic E-state index is 0.00611. The lowest BCUT2D eigenvalue weighted by Crippen LogP contribution is -2.49. The Labute approximate surface area is 146 Å². The van der Waals surface area contributed by atoms with Gasteiger partial charge in [-0.15, -0.1) is 0 Å². The minimum Gasteiger partial charge on any atom is -0.340 e. The maximum Gasteiger partial charge on any atom is 0.250 e. The van der Waals surface area contributed by atoms with Crippen molar-refractivity contribution in [2.45, 2.75) is 44.6 Å². The average molecular weight is 338 g/mol. The number of carbonyl (C=O) groups is 1. The van der Waals surface area contributed by atoms with Crippen LogP contribution >= 0.6 is 0 Å². The van der Waals surface area contributed by atoms with E-state index in [0.29, 0.717) is 6.54 Å². The number of fused-ring (bicyclic) bond motifs is 2. The van der Waals surface area contributed by atoms with Gasteiger partial charge < -0.3 is 9.47 Å². The molecule has 0 saturated carbocycles. The van der Waals surface area contributed by atoms with Gasteiger partial charge in [0, 0.05) is 37.0 Å². The first-order chi connectivity index (χ1) is 12.1. The zero-order valence-electron chi connectivity index (χ0n) is 14.4. The van der Waals surface area contributed by atoms with Crippen molar-refractivity contribution in [1.29, 1.82) is 0 Å². The first-order valence-corrected chi connectivity index (χ1v) is 8.84. The second-order valence-corrected chi connectivity index (χ2v) is 7.16. The van der Waals surface area contributed by atoms with Crippen LogP contribution in [0.15, 0.2) is 35.4 Å². The van der Waals surface area contributed by atoms with Crippen molar-refractivity contribution >= 4 is 5.91 Å². The SMILES string of the molecule is Cc1ncc2c(n1)C1(CCCN(C(=O)Cn3ccccc3=O)C1)CC2. The number of aromatic nitrogens is 3. The first-order valence-electron chi connectivity index (χ1n) is 8.84. The number of carbonyl (C=O) groups excluding carboxylic acids is 1. The second kappa shape index (κ2) is 6.10. The van der Waals surface area contributed by atoms with Crippen LogP contribution in [-0.2, 0) is 23.2 Å². The standard InChI is InChI=1S/C19H22N4O2/c1-14-20-11-15-6-8-19(18(15)21-14)7-4-10-23(13-19)17(25)12-22-9-3-2-5-16(22)24/h2-3,5,9,11H,4,6-8,10,12-13H2,1H3. The number of likely N-dealkylation sites (tertiary alicyclic amines) is 1. The van der Waals surface area contributed by atoms with Crippen LogP contribution < -0.4 is 5.56 Å². The van der Waals surface area contributed by atoms with Crippen molar-refractivity contribution in [3.63, 3.8) is 0 Å². The summed E-state index contributed by atoms with van der Waals surface area (Å²) in [5.41, 5.74) is 2.17. The molecule has 6 heteroatoms. The van der Waals surface area contributed by atoms with Crippen molar-refractivity contribution in [3.8, 4) is 0 Å². The predicted octanol–water partition coefficient (Wildman–Crippen LogP) is 1.45. The van der Waals surface area contributed by atoms with E-state index in [1.165, 1.54) is 16.2 Å². The summed E-state index contributed by atoms with van der Waals surface area (Å²) < 4.78 is 1.47. The lowest BCUT2D eigenvalue weighted by atomic mass is 9.77. The van der Waals surface area contributed by atoms with Gasteiger partial charge in [0.2, 0.25) is 5.91 Å². The molecule has 2 aliphatic rings. The summed E-state index contributed by atoms with van der Waals surface area (Å²) in [6.07, 6.45) is 7.65. The van der Waals surface area contributed by atoms with Gasteiger partial charge in [-0.25, -0.2) is 9.97 Å². The van der Waals surface area contributed by atoms with E-state index in [2.05, 4.69) is 4.98 Å². The van der Waals surface area contributed by atoms with E-state index in [9.17, 15) is 9.59 Å². The molecule has 2 aromatic rings. The van der Waals surface area contributed by atoms with Crippen LogP contribution in [0.5, 0.6) is 0 Å². The highest BCUT2D eigenvalue weighted by atomic mass is 16.2. The largest absolute Gasteiger partial charge is 0.340 e. The van der Waals surface area contributed by atoms with Gasteiger partial charge in [-0.05, 0) is 44.2 Å². The molecule has 6 nitrogen and oxygen atoms in total. The molecule has 1 fully saturated rings. The second-order valence-electron chi connectivity index (χ2n) is 7.16. The highest BCUT2D eigenvalue weighted by Gasteiger charge is 2.44. The van der Waals surface area contributed by atoms with E-state index < -0.39 is 0 Å². The van der Waals surface area contributed by atoms with Gasteiger partial charge in [0.1, 0.15) is 12.4 Å². The molecule has 1 amide bonds. The average Bonchev–Trinajstić information content (AvgIpc) is 2.94. The van der Waals surface area contributed by atoms with Gasteiger partial charge in [-0.1, -0.05) is 6.07 Å². The summed E-state index contributed by atoms with van der Waals surface area (Å²) in [6, 6.07) is 4.95. The highest BCUT2D eigenvalue weighted by Crippen LogP contribution is 2.43. The topological polar surface area (TPSA) is 68.1 Å². The summed E-state index contributed by atoms with van der Waals surface area (Å²) >= 11 is 0. The predicted molar refractivity (Wildman–Crippen MR) is 93.3 cm³/mol. The quantitative estimate of drug-likeness (QED) is 0.831. The highest BCUT2D eigenvalue weighted by molar-refractivity contribution is 5.76. The van der Waals surface area contributed by atoms with E-state index in [-0.39, 0.29) is 23.4 Å². The molecule has 1 unspecified atom stereocenters. The lowest BCUT2D eigenvalue weighted by molar-refractivity contribution is -0.134. The number of piperidine rings is 1. The smallest absolute Gasteiger partial charge is 0.250 e. The normalized spacial score (nSPS) is 22.2. The first kappa shape index (κ1) is 16.0. The van der Waals surface area contributed by atoms with E-state index in [1.807, 2.05) is 18.0 Å². The van der Waals surface area contributed by atoms with Gasteiger partial charge in [0.05, 0.1) is 5.69 Å². The van der Waals surface area contributed by atoms with E-state index in [0.717, 1.165) is 43.7 Å². The molecule has 1 aliphatic heterocycles. The summed E-state index contributed by atoms with van der Waals surface area (Å²) in [4.78, 5) is 35.6. The Morgan fingerprint density at radius 1 is 1.32 bits per heavy atom. The van der Waals surface area contributed by atoms with Crippen LogP contribution in [0.4, 0.5) is 0 Å². The Morgan fingerprint density at radius 3 is 3.04 bits per heavy atom. The molecular weight excluding hydrogens is 316 g/mol.